The lowest BCUT2D eigenvalue weighted by Crippen LogP contribution is -2.18. The Labute approximate surface area is 214 Å². The third-order valence-corrected chi connectivity index (χ3v) is 5.69. The number of hydrogen-bond donors (Lipinski definition) is 2. The number of pyridine rings is 2. The van der Waals surface area contributed by atoms with Crippen LogP contribution >= 0.6 is 0 Å². The van der Waals surface area contributed by atoms with Crippen molar-refractivity contribution < 1.29 is 18.7 Å². The normalized spacial score (nSPS) is 11.1. The van der Waals surface area contributed by atoms with E-state index in [4.69, 9.17) is 4.74 Å². The summed E-state index contributed by atoms with van der Waals surface area (Å²) < 4.78 is 20.3. The first-order valence-electron chi connectivity index (χ1n) is 11.7. The van der Waals surface area contributed by atoms with Gasteiger partial charge < -0.3 is 15.4 Å². The Bertz CT molecular complexity index is 1450. The predicted octanol–water partition coefficient (Wildman–Crippen LogP) is 5.98. The molecule has 0 bridgehead atoms. The molecule has 2 aromatic carbocycles. The summed E-state index contributed by atoms with van der Waals surface area (Å²) in [6.07, 6.45) is 2.97. The second-order valence-corrected chi connectivity index (χ2v) is 9.41. The van der Waals surface area contributed by atoms with E-state index in [1.54, 1.807) is 12.3 Å². The monoisotopic (exact) mass is 498 g/mol. The molecule has 2 heterocycles. The van der Waals surface area contributed by atoms with Crippen molar-refractivity contribution in [2.45, 2.75) is 26.2 Å². The molecule has 4 rings (SSSR count). The maximum absolute atomic E-state index is 14.7. The van der Waals surface area contributed by atoms with Crippen molar-refractivity contribution in [1.82, 2.24) is 15.3 Å². The van der Waals surface area contributed by atoms with Crippen LogP contribution in [0.2, 0.25) is 0 Å². The van der Waals surface area contributed by atoms with Crippen LogP contribution in [-0.2, 0) is 5.41 Å². The predicted molar refractivity (Wildman–Crippen MR) is 140 cm³/mol. The maximum atomic E-state index is 14.7. The molecule has 0 aliphatic heterocycles. The number of carbonyl (C=O) groups is 2. The van der Waals surface area contributed by atoms with Crippen molar-refractivity contribution >= 4 is 17.5 Å². The molecule has 2 aromatic heterocycles. The minimum atomic E-state index is -0.684. The van der Waals surface area contributed by atoms with Gasteiger partial charge in [0.25, 0.3) is 11.8 Å². The highest BCUT2D eigenvalue weighted by atomic mass is 19.1. The van der Waals surface area contributed by atoms with Gasteiger partial charge in [0.05, 0.1) is 0 Å². The number of benzene rings is 2. The number of carbonyl (C=O) groups excluding carboxylic acids is 2. The number of ether oxygens (including phenoxy) is 1. The molecule has 0 saturated carbocycles. The second kappa shape index (κ2) is 10.6. The molecule has 2 amide bonds. The van der Waals surface area contributed by atoms with Gasteiger partial charge in [0.1, 0.15) is 17.1 Å². The van der Waals surface area contributed by atoms with Gasteiger partial charge in [-0.25, -0.2) is 4.39 Å². The SMILES string of the molecule is CNC(=O)c1cc(Oc2ccc(NC(=O)c3cc(-c4ccc(C(C)(C)C)cc4)ccn3)cc2F)ccn1. The third-order valence-electron chi connectivity index (χ3n) is 5.69. The van der Waals surface area contributed by atoms with Crippen LogP contribution in [0.1, 0.15) is 47.3 Å². The Balaban J connectivity index is 1.47. The number of anilines is 1. The van der Waals surface area contributed by atoms with Crippen molar-refractivity contribution in [3.63, 3.8) is 0 Å². The summed E-state index contributed by atoms with van der Waals surface area (Å²) >= 11 is 0. The number of hydrogen-bond acceptors (Lipinski definition) is 5. The lowest BCUT2D eigenvalue weighted by Gasteiger charge is -2.19. The molecule has 37 heavy (non-hydrogen) atoms. The summed E-state index contributed by atoms with van der Waals surface area (Å²) in [5.74, 6) is -1.35. The molecule has 0 radical (unpaired) electrons. The summed E-state index contributed by atoms with van der Waals surface area (Å²) in [4.78, 5) is 32.7. The Morgan fingerprint density at radius 3 is 2.14 bits per heavy atom. The molecule has 0 aliphatic rings. The van der Waals surface area contributed by atoms with Gasteiger partial charge in [-0.05, 0) is 52.4 Å². The summed E-state index contributed by atoms with van der Waals surface area (Å²) in [6, 6.07) is 18.7. The van der Waals surface area contributed by atoms with Crippen LogP contribution in [-0.4, -0.2) is 28.8 Å². The molecular weight excluding hydrogens is 471 g/mol. The molecule has 8 heteroatoms. The van der Waals surface area contributed by atoms with E-state index < -0.39 is 11.7 Å². The number of aromatic nitrogens is 2. The van der Waals surface area contributed by atoms with Crippen molar-refractivity contribution in [2.75, 3.05) is 12.4 Å². The number of halogens is 1. The van der Waals surface area contributed by atoms with Crippen LogP contribution in [0.25, 0.3) is 11.1 Å². The summed E-state index contributed by atoms with van der Waals surface area (Å²) in [5, 5.41) is 5.14. The fourth-order valence-corrected chi connectivity index (χ4v) is 3.61. The van der Waals surface area contributed by atoms with E-state index >= 15 is 0 Å². The quantitative estimate of drug-likeness (QED) is 0.341. The number of nitrogens with zero attached hydrogens (tertiary/aromatic N) is 2. The smallest absolute Gasteiger partial charge is 0.274 e. The fraction of sp³-hybridized carbons (Fsp3) is 0.172. The third kappa shape index (κ3) is 6.16. The highest BCUT2D eigenvalue weighted by molar-refractivity contribution is 6.03. The highest BCUT2D eigenvalue weighted by Gasteiger charge is 2.15. The highest BCUT2D eigenvalue weighted by Crippen LogP contribution is 2.28. The molecular formula is C29H27FN4O3. The van der Waals surface area contributed by atoms with Crippen LogP contribution in [0.15, 0.2) is 79.1 Å². The van der Waals surface area contributed by atoms with Gasteiger partial charge >= 0.3 is 0 Å². The van der Waals surface area contributed by atoms with Crippen molar-refractivity contribution in [1.29, 1.82) is 0 Å². The molecule has 4 aromatic rings. The van der Waals surface area contributed by atoms with Crippen LogP contribution < -0.4 is 15.4 Å². The van der Waals surface area contributed by atoms with Gasteiger partial charge in [0, 0.05) is 37.3 Å². The summed E-state index contributed by atoms with van der Waals surface area (Å²) in [6.45, 7) is 6.46. The van der Waals surface area contributed by atoms with Crippen molar-refractivity contribution in [3.05, 3.63) is 102 Å². The van der Waals surface area contributed by atoms with Crippen molar-refractivity contribution in [2.24, 2.45) is 0 Å². The van der Waals surface area contributed by atoms with Crippen molar-refractivity contribution in [3.8, 4) is 22.6 Å². The lowest BCUT2D eigenvalue weighted by atomic mass is 9.86. The average Bonchev–Trinajstić information content (AvgIpc) is 2.89. The Morgan fingerprint density at radius 1 is 0.811 bits per heavy atom. The average molecular weight is 499 g/mol. The standard InChI is InChI=1S/C29H27FN4O3/c1-29(2,3)20-7-5-18(6-8-20)19-11-13-32-24(15-19)28(36)34-21-9-10-26(23(30)16-21)37-22-12-14-33-25(17-22)27(35)31-4/h5-17H,1-4H3,(H,31,35)(H,34,36). The van der Waals surface area contributed by atoms with E-state index in [1.165, 1.54) is 43.1 Å². The van der Waals surface area contributed by atoms with Gasteiger partial charge in [-0.15, -0.1) is 0 Å². The van der Waals surface area contributed by atoms with E-state index in [1.807, 2.05) is 18.2 Å². The van der Waals surface area contributed by atoms with Gasteiger partial charge in [-0.2, -0.15) is 0 Å². The molecule has 188 valence electrons. The largest absolute Gasteiger partial charge is 0.454 e. The van der Waals surface area contributed by atoms with E-state index in [9.17, 15) is 14.0 Å². The molecule has 2 N–H and O–H groups in total. The minimum Gasteiger partial charge on any atom is -0.454 e. The zero-order valence-electron chi connectivity index (χ0n) is 21.0. The number of nitrogens with one attached hydrogen (secondary N) is 2. The summed E-state index contributed by atoms with van der Waals surface area (Å²) in [7, 11) is 1.49. The first-order valence-corrected chi connectivity index (χ1v) is 11.7. The first-order chi connectivity index (χ1) is 17.6. The van der Waals surface area contributed by atoms with Crippen LogP contribution in [0.5, 0.6) is 11.5 Å². The molecule has 0 spiro atoms. The maximum Gasteiger partial charge on any atom is 0.274 e. The second-order valence-electron chi connectivity index (χ2n) is 9.41. The van der Waals surface area contributed by atoms with Gasteiger partial charge in [0.15, 0.2) is 11.6 Å². The number of rotatable bonds is 6. The van der Waals surface area contributed by atoms with Gasteiger partial charge in [-0.3, -0.25) is 19.6 Å². The molecule has 0 atom stereocenters. The molecule has 0 unspecified atom stereocenters. The molecule has 7 nitrogen and oxygen atoms in total. The molecule has 0 aliphatic carbocycles. The summed E-state index contributed by atoms with van der Waals surface area (Å²) in [5.41, 5.74) is 3.67. The topological polar surface area (TPSA) is 93.2 Å². The molecule has 0 fully saturated rings. The van der Waals surface area contributed by atoms with Gasteiger partial charge in [-0.1, -0.05) is 45.0 Å². The fourth-order valence-electron chi connectivity index (χ4n) is 3.61. The Hall–Kier alpha value is -4.59. The molecule has 0 saturated heterocycles. The number of amides is 2. The van der Waals surface area contributed by atoms with Gasteiger partial charge in [0.2, 0.25) is 0 Å². The minimum absolute atomic E-state index is 0.0461. The Kier molecular flexibility index (Phi) is 7.29. The van der Waals surface area contributed by atoms with E-state index in [2.05, 4.69) is 53.5 Å². The van der Waals surface area contributed by atoms with E-state index in [0.717, 1.165) is 17.2 Å². The zero-order valence-corrected chi connectivity index (χ0v) is 21.0. The van der Waals surface area contributed by atoms with Crippen LogP contribution in [0.4, 0.5) is 10.1 Å². The van der Waals surface area contributed by atoms with Crippen LogP contribution in [0, 0.1) is 5.82 Å². The lowest BCUT2D eigenvalue weighted by molar-refractivity contribution is 0.0957. The zero-order chi connectivity index (χ0) is 26.6. The van der Waals surface area contributed by atoms with E-state index in [0.29, 0.717) is 0 Å². The van der Waals surface area contributed by atoms with E-state index in [-0.39, 0.29) is 39.9 Å². The Morgan fingerprint density at radius 2 is 1.49 bits per heavy atom. The first kappa shape index (κ1) is 25.5. The van der Waals surface area contributed by atoms with Crippen LogP contribution in [0.3, 0.4) is 0 Å².